The van der Waals surface area contributed by atoms with Gasteiger partial charge in [-0.25, -0.2) is 0 Å². The number of carboxylic acid groups (broad SMARTS) is 4. The van der Waals surface area contributed by atoms with Crippen LogP contribution in [0.4, 0.5) is 0 Å². The van der Waals surface area contributed by atoms with Gasteiger partial charge in [0.1, 0.15) is 0 Å². The molecular formula is C52H84O8. The molecule has 0 saturated carbocycles. The minimum Gasteiger partial charge on any atom is -0.481 e. The van der Waals surface area contributed by atoms with E-state index in [0.29, 0.717) is 0 Å². The van der Waals surface area contributed by atoms with Gasteiger partial charge in [0, 0.05) is 0 Å². The lowest BCUT2D eigenvalue weighted by Gasteiger charge is -2.19. The van der Waals surface area contributed by atoms with E-state index in [0.717, 1.165) is 128 Å². The first-order chi connectivity index (χ1) is 27.7. The summed E-state index contributed by atoms with van der Waals surface area (Å²) in [4.78, 5) is 44.7. The van der Waals surface area contributed by atoms with Crippen LogP contribution in [0.3, 0.4) is 0 Å². The molecule has 0 atom stereocenters. The minimum atomic E-state index is -0.713. The number of hydrogen-bond acceptors (Lipinski definition) is 4. The van der Waals surface area contributed by atoms with Crippen molar-refractivity contribution < 1.29 is 39.6 Å². The van der Waals surface area contributed by atoms with Crippen LogP contribution in [0.1, 0.15) is 203 Å². The molecule has 2 rings (SSSR count). The van der Waals surface area contributed by atoms with Crippen molar-refractivity contribution in [1.82, 2.24) is 0 Å². The van der Waals surface area contributed by atoms with E-state index in [1.807, 2.05) is 0 Å². The van der Waals surface area contributed by atoms with Gasteiger partial charge in [-0.15, -0.1) is 0 Å². The standard InChI is InChI=1S/2C26H42O4/c1-19-20(2)22(14-10-8-12-18-26(5,6)24(29)30)16-15-21(19)13-9-7-11-17-25(3,4)23(27)28;1-19-17-22(14-10-8-12-16-26(5,6)24(29)30)20(2)18-21(19)13-9-7-11-15-25(3,4)23(27)28/h15-16H,7-14,17-18H2,1-6H3,(H,27,28)(H,29,30);17-18H,7-16H2,1-6H3,(H,27,28)(H,29,30). The van der Waals surface area contributed by atoms with Crippen LogP contribution in [0.25, 0.3) is 0 Å². The molecule has 0 aliphatic rings. The number of rotatable bonds is 28. The fraction of sp³-hybridized carbons (Fsp3) is 0.692. The van der Waals surface area contributed by atoms with E-state index < -0.39 is 45.5 Å². The molecule has 0 fully saturated rings. The average Bonchev–Trinajstić information content (AvgIpc) is 3.14. The summed E-state index contributed by atoms with van der Waals surface area (Å²) in [6, 6.07) is 9.15. The highest BCUT2D eigenvalue weighted by Crippen LogP contribution is 2.29. The van der Waals surface area contributed by atoms with Crippen molar-refractivity contribution in [3.63, 3.8) is 0 Å². The highest BCUT2D eigenvalue weighted by Gasteiger charge is 2.28. The Hall–Kier alpha value is -3.68. The number of carbonyl (C=O) groups is 4. The van der Waals surface area contributed by atoms with Crippen LogP contribution in [0.2, 0.25) is 0 Å². The number of aliphatic carboxylic acids is 4. The van der Waals surface area contributed by atoms with Crippen molar-refractivity contribution in [2.45, 2.75) is 212 Å². The highest BCUT2D eigenvalue weighted by molar-refractivity contribution is 5.74. The lowest BCUT2D eigenvalue weighted by atomic mass is 9.86. The maximum Gasteiger partial charge on any atom is 0.309 e. The number of carboxylic acids is 4. The van der Waals surface area contributed by atoms with E-state index in [9.17, 15) is 39.6 Å². The number of unbranched alkanes of at least 4 members (excludes halogenated alkanes) is 8. The molecule has 340 valence electrons. The summed E-state index contributed by atoms with van der Waals surface area (Å²) in [7, 11) is 0. The first kappa shape index (κ1) is 54.3. The van der Waals surface area contributed by atoms with Crippen LogP contribution in [-0.4, -0.2) is 44.3 Å². The van der Waals surface area contributed by atoms with Crippen LogP contribution in [0.5, 0.6) is 0 Å². The minimum absolute atomic E-state index is 0.627. The summed E-state index contributed by atoms with van der Waals surface area (Å²) in [6.07, 6.45) is 19.5. The topological polar surface area (TPSA) is 149 Å². The van der Waals surface area contributed by atoms with E-state index in [4.69, 9.17) is 0 Å². The van der Waals surface area contributed by atoms with E-state index in [1.165, 1.54) is 44.5 Å². The van der Waals surface area contributed by atoms with Crippen molar-refractivity contribution in [3.8, 4) is 0 Å². The Morgan fingerprint density at radius 2 is 0.583 bits per heavy atom. The summed E-state index contributed by atoms with van der Waals surface area (Å²) in [5.74, 6) is -2.85. The molecule has 8 heteroatoms. The third kappa shape index (κ3) is 19.4. The van der Waals surface area contributed by atoms with Gasteiger partial charge < -0.3 is 20.4 Å². The third-order valence-corrected chi connectivity index (χ3v) is 13.1. The molecule has 0 spiro atoms. The van der Waals surface area contributed by atoms with Crippen LogP contribution in [0, 0.1) is 49.4 Å². The van der Waals surface area contributed by atoms with Crippen molar-refractivity contribution in [2.24, 2.45) is 21.7 Å². The van der Waals surface area contributed by atoms with Crippen LogP contribution >= 0.6 is 0 Å². The zero-order valence-corrected chi connectivity index (χ0v) is 39.9. The summed E-state index contributed by atoms with van der Waals surface area (Å²) < 4.78 is 0. The quantitative estimate of drug-likeness (QED) is 0.0619. The summed E-state index contributed by atoms with van der Waals surface area (Å²) in [5.41, 5.74) is 8.53. The molecule has 0 aliphatic carbocycles. The molecule has 8 nitrogen and oxygen atoms in total. The average molecular weight is 837 g/mol. The van der Waals surface area contributed by atoms with Gasteiger partial charge in [0.25, 0.3) is 0 Å². The first-order valence-corrected chi connectivity index (χ1v) is 22.9. The van der Waals surface area contributed by atoms with Gasteiger partial charge in [-0.1, -0.05) is 75.6 Å². The fourth-order valence-corrected chi connectivity index (χ4v) is 7.61. The van der Waals surface area contributed by atoms with Gasteiger partial charge in [0.15, 0.2) is 0 Å². The zero-order valence-electron chi connectivity index (χ0n) is 39.9. The summed E-state index contributed by atoms with van der Waals surface area (Å²) >= 11 is 0. The molecule has 2 aromatic carbocycles. The monoisotopic (exact) mass is 837 g/mol. The van der Waals surface area contributed by atoms with E-state index in [-0.39, 0.29) is 0 Å². The SMILES string of the molecule is Cc1c(CCCCCC(C)(C)C(=O)O)ccc(CCCCCC(C)(C)C(=O)O)c1C.Cc1cc(CCCCCC(C)(C)C(=O)O)c(C)cc1CCCCCC(C)(C)C(=O)O. The molecule has 0 aromatic heterocycles. The smallest absolute Gasteiger partial charge is 0.309 e. The Balaban J connectivity index is 0.000000600. The van der Waals surface area contributed by atoms with Gasteiger partial charge in [0.05, 0.1) is 21.7 Å². The second-order valence-corrected chi connectivity index (χ2v) is 20.3. The lowest BCUT2D eigenvalue weighted by Crippen LogP contribution is -2.23. The van der Waals surface area contributed by atoms with Gasteiger partial charge >= 0.3 is 23.9 Å². The van der Waals surface area contributed by atoms with Crippen LogP contribution < -0.4 is 0 Å². The van der Waals surface area contributed by atoms with Crippen LogP contribution in [0.15, 0.2) is 24.3 Å². The molecular weight excluding hydrogens is 753 g/mol. The van der Waals surface area contributed by atoms with Crippen molar-refractivity contribution in [1.29, 1.82) is 0 Å². The Kier molecular flexibility index (Phi) is 22.9. The molecule has 0 heterocycles. The molecule has 0 bridgehead atoms. The lowest BCUT2D eigenvalue weighted by molar-refractivity contribution is -0.148. The van der Waals surface area contributed by atoms with Crippen molar-refractivity contribution in [2.75, 3.05) is 0 Å². The maximum atomic E-state index is 11.2. The van der Waals surface area contributed by atoms with Gasteiger partial charge in [-0.05, 0) is 205 Å². The van der Waals surface area contributed by atoms with Crippen LogP contribution in [-0.2, 0) is 44.9 Å². The van der Waals surface area contributed by atoms with Crippen molar-refractivity contribution >= 4 is 23.9 Å². The second-order valence-electron chi connectivity index (χ2n) is 20.3. The van der Waals surface area contributed by atoms with Gasteiger partial charge in [-0.3, -0.25) is 19.2 Å². The van der Waals surface area contributed by atoms with E-state index >= 15 is 0 Å². The summed E-state index contributed by atoms with van der Waals surface area (Å²) in [5, 5.41) is 36.8. The maximum absolute atomic E-state index is 11.2. The van der Waals surface area contributed by atoms with Crippen molar-refractivity contribution in [3.05, 3.63) is 68.8 Å². The Morgan fingerprint density at radius 1 is 0.367 bits per heavy atom. The van der Waals surface area contributed by atoms with E-state index in [2.05, 4.69) is 52.0 Å². The number of hydrogen-bond donors (Lipinski definition) is 4. The third-order valence-electron chi connectivity index (χ3n) is 13.1. The molecule has 0 saturated heterocycles. The predicted octanol–water partition coefficient (Wildman–Crippen LogP) is 13.5. The Bertz CT molecular complexity index is 1490. The number of benzene rings is 2. The molecule has 0 amide bonds. The molecule has 0 unspecified atom stereocenters. The predicted molar refractivity (Wildman–Crippen MR) is 246 cm³/mol. The number of aryl methyl sites for hydroxylation is 6. The molecule has 4 N–H and O–H groups in total. The fourth-order valence-electron chi connectivity index (χ4n) is 7.61. The second kappa shape index (κ2) is 25.3. The zero-order chi connectivity index (χ0) is 45.9. The normalized spacial score (nSPS) is 12.2. The molecule has 0 radical (unpaired) electrons. The molecule has 60 heavy (non-hydrogen) atoms. The van der Waals surface area contributed by atoms with Gasteiger partial charge in [0.2, 0.25) is 0 Å². The largest absolute Gasteiger partial charge is 0.481 e. The Labute approximate surface area is 364 Å². The summed E-state index contributed by atoms with van der Waals surface area (Å²) in [6.45, 7) is 23.2. The first-order valence-electron chi connectivity index (χ1n) is 22.9. The van der Waals surface area contributed by atoms with Gasteiger partial charge in [-0.2, -0.15) is 0 Å². The molecule has 0 aliphatic heterocycles. The molecule has 2 aromatic rings. The highest BCUT2D eigenvalue weighted by atomic mass is 16.4. The Morgan fingerprint density at radius 3 is 0.800 bits per heavy atom. The van der Waals surface area contributed by atoms with E-state index in [1.54, 1.807) is 55.4 Å².